The van der Waals surface area contributed by atoms with Gasteiger partial charge in [-0.25, -0.2) is 8.78 Å². The van der Waals surface area contributed by atoms with E-state index in [-0.39, 0.29) is 36.2 Å². The average molecular weight is 468 g/mol. The number of fused-ring (bicyclic) bond motifs is 1. The summed E-state index contributed by atoms with van der Waals surface area (Å²) in [5.41, 5.74) is 0. The number of hydrogen-bond acceptors (Lipinski definition) is 5. The monoisotopic (exact) mass is 467 g/mol. The average Bonchev–Trinajstić information content (AvgIpc) is 2.94. The van der Waals surface area contributed by atoms with Crippen molar-refractivity contribution in [3.63, 3.8) is 0 Å². The van der Waals surface area contributed by atoms with Gasteiger partial charge in [-0.1, -0.05) is 12.2 Å². The maximum absolute atomic E-state index is 13.7. The normalized spacial score (nSPS) is 28.3. The fraction of sp³-hybridized carbons (Fsp3) is 0.640. The van der Waals surface area contributed by atoms with E-state index in [1.165, 1.54) is 0 Å². The predicted octanol–water partition coefficient (Wildman–Crippen LogP) is 3.36. The largest absolute Gasteiger partial charge is 0.487 e. The van der Waals surface area contributed by atoms with Crippen LogP contribution >= 0.6 is 0 Å². The van der Waals surface area contributed by atoms with Crippen molar-refractivity contribution in [1.82, 2.24) is 5.32 Å². The van der Waals surface area contributed by atoms with Crippen molar-refractivity contribution in [2.45, 2.75) is 63.8 Å². The molecule has 1 aromatic rings. The second kappa shape index (κ2) is 12.4. The fourth-order valence-corrected chi connectivity index (χ4v) is 4.85. The number of nitrogens with one attached hydrogen (secondary N) is 1. The number of aliphatic hydroxyl groups excluding tert-OH is 2. The molecular formula is C25H35F2NO5. The second-order valence-electron chi connectivity index (χ2n) is 9.04. The van der Waals surface area contributed by atoms with Crippen LogP contribution in [0.1, 0.15) is 45.4 Å². The standard InChI is InChI=1S/C25H35F2NO5/c1-2-28-25(31)5-3-4-16-6-9-20-19(22(30)13-23(20)32-14-16)10-8-18(29)15-33-24-12-17(26)7-11-21(24)27/h7-8,10-12,16,18-20,22-23,29-30H,2-6,9,13-15H2,1H3,(H,28,31)/t16-,18+,19+,20+,22+,23-/m0/s1. The molecule has 1 aliphatic carbocycles. The minimum atomic E-state index is -1.02. The SMILES string of the molecule is CCNC(=O)CCC[C@H]1CC[C@@H]2[C@@H](C=C[C@@H](O)COc3cc(F)ccc3F)[C@H](O)C[C@@H]2OC1. The molecule has 0 radical (unpaired) electrons. The van der Waals surface area contributed by atoms with Crippen LogP contribution in [-0.2, 0) is 9.53 Å². The second-order valence-corrected chi connectivity index (χ2v) is 9.04. The van der Waals surface area contributed by atoms with Gasteiger partial charge in [-0.05, 0) is 56.6 Å². The molecule has 2 fully saturated rings. The molecule has 6 atom stereocenters. The van der Waals surface area contributed by atoms with Crippen molar-refractivity contribution in [3.8, 4) is 5.75 Å². The van der Waals surface area contributed by atoms with E-state index in [4.69, 9.17) is 9.47 Å². The zero-order chi connectivity index (χ0) is 23.8. The maximum Gasteiger partial charge on any atom is 0.219 e. The zero-order valence-corrected chi connectivity index (χ0v) is 19.1. The molecular weight excluding hydrogens is 432 g/mol. The van der Waals surface area contributed by atoms with E-state index in [0.717, 1.165) is 43.9 Å². The lowest BCUT2D eigenvalue weighted by molar-refractivity contribution is -0.121. The van der Waals surface area contributed by atoms with Crippen LogP contribution in [0.25, 0.3) is 0 Å². The number of carbonyl (C=O) groups excluding carboxylic acids is 1. The number of hydrogen-bond donors (Lipinski definition) is 3. The van der Waals surface area contributed by atoms with Crippen molar-refractivity contribution in [3.05, 3.63) is 42.0 Å². The van der Waals surface area contributed by atoms with Gasteiger partial charge in [-0.15, -0.1) is 0 Å². The van der Waals surface area contributed by atoms with Gasteiger partial charge in [0.15, 0.2) is 11.6 Å². The number of halogens is 2. The van der Waals surface area contributed by atoms with E-state index in [9.17, 15) is 23.8 Å². The molecule has 0 unspecified atom stereocenters. The molecule has 2 aliphatic rings. The summed E-state index contributed by atoms with van der Waals surface area (Å²) in [6.07, 6.45) is 6.46. The van der Waals surface area contributed by atoms with Gasteiger partial charge in [0.2, 0.25) is 5.91 Å². The van der Waals surface area contributed by atoms with Gasteiger partial charge in [-0.3, -0.25) is 4.79 Å². The highest BCUT2D eigenvalue weighted by Crippen LogP contribution is 2.42. The minimum Gasteiger partial charge on any atom is -0.487 e. The Morgan fingerprint density at radius 1 is 1.36 bits per heavy atom. The van der Waals surface area contributed by atoms with Gasteiger partial charge in [0, 0.05) is 38.0 Å². The van der Waals surface area contributed by atoms with E-state index in [2.05, 4.69) is 5.32 Å². The molecule has 1 heterocycles. The molecule has 1 saturated heterocycles. The van der Waals surface area contributed by atoms with Gasteiger partial charge in [0.25, 0.3) is 0 Å². The third-order valence-electron chi connectivity index (χ3n) is 6.59. The van der Waals surface area contributed by atoms with Crippen LogP contribution in [0.2, 0.25) is 0 Å². The maximum atomic E-state index is 13.7. The van der Waals surface area contributed by atoms with Gasteiger partial charge in [0.1, 0.15) is 18.5 Å². The van der Waals surface area contributed by atoms with E-state index in [0.29, 0.717) is 31.9 Å². The molecule has 1 aliphatic heterocycles. The van der Waals surface area contributed by atoms with Crippen molar-refractivity contribution < 1.29 is 33.3 Å². The molecule has 3 N–H and O–H groups in total. The third-order valence-corrected chi connectivity index (χ3v) is 6.59. The number of rotatable bonds is 10. The Kier molecular flexibility index (Phi) is 9.64. The highest BCUT2D eigenvalue weighted by atomic mass is 19.1. The van der Waals surface area contributed by atoms with Crippen LogP contribution in [0, 0.1) is 29.4 Å². The molecule has 6 nitrogen and oxygen atoms in total. The summed E-state index contributed by atoms with van der Waals surface area (Å²) in [4.78, 5) is 11.6. The molecule has 0 aromatic heterocycles. The molecule has 0 bridgehead atoms. The first kappa shape index (κ1) is 25.6. The molecule has 1 amide bonds. The third kappa shape index (κ3) is 7.48. The molecule has 33 heavy (non-hydrogen) atoms. The van der Waals surface area contributed by atoms with Crippen molar-refractivity contribution in [1.29, 1.82) is 0 Å². The van der Waals surface area contributed by atoms with E-state index in [1.54, 1.807) is 12.2 Å². The lowest BCUT2D eigenvalue weighted by atomic mass is 9.86. The Hall–Kier alpha value is -2.03. The van der Waals surface area contributed by atoms with Crippen molar-refractivity contribution >= 4 is 5.91 Å². The number of ether oxygens (including phenoxy) is 2. The van der Waals surface area contributed by atoms with Gasteiger partial charge >= 0.3 is 0 Å². The zero-order valence-electron chi connectivity index (χ0n) is 19.1. The van der Waals surface area contributed by atoms with Crippen LogP contribution < -0.4 is 10.1 Å². The summed E-state index contributed by atoms with van der Waals surface area (Å²) in [5.74, 6) is -1.08. The first-order valence-electron chi connectivity index (χ1n) is 11.9. The molecule has 184 valence electrons. The van der Waals surface area contributed by atoms with Gasteiger partial charge < -0.3 is 25.0 Å². The number of amides is 1. The highest BCUT2D eigenvalue weighted by Gasteiger charge is 2.43. The van der Waals surface area contributed by atoms with Crippen molar-refractivity contribution in [2.75, 3.05) is 19.8 Å². The summed E-state index contributed by atoms with van der Waals surface area (Å²) in [5, 5.41) is 23.6. The number of aliphatic hydroxyl groups is 2. The lowest BCUT2D eigenvalue weighted by Gasteiger charge is -2.21. The number of benzene rings is 1. The fourth-order valence-electron chi connectivity index (χ4n) is 4.85. The van der Waals surface area contributed by atoms with E-state index in [1.807, 2.05) is 6.92 Å². The van der Waals surface area contributed by atoms with Crippen LogP contribution in [0.3, 0.4) is 0 Å². The summed E-state index contributed by atoms with van der Waals surface area (Å²) >= 11 is 0. The van der Waals surface area contributed by atoms with Crippen LogP contribution in [0.5, 0.6) is 5.75 Å². The highest BCUT2D eigenvalue weighted by molar-refractivity contribution is 5.75. The summed E-state index contributed by atoms with van der Waals surface area (Å²) in [6.45, 7) is 2.97. The quantitative estimate of drug-likeness (QED) is 0.460. The van der Waals surface area contributed by atoms with Crippen molar-refractivity contribution in [2.24, 2.45) is 17.8 Å². The topological polar surface area (TPSA) is 88.0 Å². The van der Waals surface area contributed by atoms with Gasteiger partial charge in [0.05, 0.1) is 12.2 Å². The molecule has 8 heteroatoms. The lowest BCUT2D eigenvalue weighted by Crippen LogP contribution is -2.22. The molecule has 0 spiro atoms. The Balaban J connectivity index is 1.48. The Labute approximate surface area is 194 Å². The summed E-state index contributed by atoms with van der Waals surface area (Å²) in [7, 11) is 0. The first-order valence-corrected chi connectivity index (χ1v) is 11.9. The van der Waals surface area contributed by atoms with Crippen LogP contribution in [0.4, 0.5) is 8.78 Å². The Morgan fingerprint density at radius 2 is 2.18 bits per heavy atom. The van der Waals surface area contributed by atoms with Gasteiger partial charge in [-0.2, -0.15) is 0 Å². The molecule has 1 saturated carbocycles. The van der Waals surface area contributed by atoms with Crippen LogP contribution in [0.15, 0.2) is 30.4 Å². The smallest absolute Gasteiger partial charge is 0.219 e. The molecule has 1 aromatic carbocycles. The predicted molar refractivity (Wildman–Crippen MR) is 120 cm³/mol. The van der Waals surface area contributed by atoms with E-state index < -0.39 is 23.8 Å². The first-order chi connectivity index (χ1) is 15.9. The molecule has 3 rings (SSSR count). The summed E-state index contributed by atoms with van der Waals surface area (Å²) < 4.78 is 38.2. The Morgan fingerprint density at radius 3 is 2.97 bits per heavy atom. The summed E-state index contributed by atoms with van der Waals surface area (Å²) in [6, 6.07) is 2.91. The number of carbonyl (C=O) groups is 1. The van der Waals surface area contributed by atoms with Crippen LogP contribution in [-0.4, -0.2) is 54.2 Å². The van der Waals surface area contributed by atoms with E-state index >= 15 is 0 Å². The Bertz CT molecular complexity index is 805. The minimum absolute atomic E-state index is 0.0298.